The molecule has 0 saturated heterocycles. The summed E-state index contributed by atoms with van der Waals surface area (Å²) < 4.78 is 39.9. The van der Waals surface area contributed by atoms with Crippen LogP contribution in [0.15, 0.2) is 47.5 Å². The summed E-state index contributed by atoms with van der Waals surface area (Å²) in [6.45, 7) is 0.966. The van der Waals surface area contributed by atoms with Gasteiger partial charge in [-0.1, -0.05) is 18.2 Å². The molecule has 2 rings (SSSR count). The molecule has 0 aliphatic rings. The van der Waals surface area contributed by atoms with Crippen LogP contribution in [0.5, 0.6) is 0 Å². The van der Waals surface area contributed by atoms with E-state index in [9.17, 15) is 13.2 Å². The van der Waals surface area contributed by atoms with Crippen molar-refractivity contribution in [2.24, 2.45) is 4.99 Å². The van der Waals surface area contributed by atoms with Crippen LogP contribution in [0, 0.1) is 17.5 Å². The van der Waals surface area contributed by atoms with Gasteiger partial charge < -0.3 is 10.6 Å². The fraction of sp³-hybridized carbons (Fsp3) is 0.278. The third-order valence-corrected chi connectivity index (χ3v) is 3.57. The lowest BCUT2D eigenvalue weighted by Crippen LogP contribution is -2.39. The molecule has 2 aromatic rings. The standard InChI is InChI=1S/C18H20F3N3.HI/c1-22-18(23-11-9-13-5-7-14(19)8-6-13)24-12-10-15-16(20)3-2-4-17(15)21;/h2-8H,9-12H2,1H3,(H2,22,23,24);1H. The number of benzene rings is 2. The van der Waals surface area contributed by atoms with E-state index in [2.05, 4.69) is 15.6 Å². The Morgan fingerprint density at radius 3 is 2.00 bits per heavy atom. The van der Waals surface area contributed by atoms with Gasteiger partial charge in [-0.15, -0.1) is 24.0 Å². The molecule has 0 bridgehead atoms. The highest BCUT2D eigenvalue weighted by atomic mass is 127. The first-order chi connectivity index (χ1) is 11.6. The van der Waals surface area contributed by atoms with Crippen LogP contribution in [0.3, 0.4) is 0 Å². The van der Waals surface area contributed by atoms with Crippen molar-refractivity contribution in [3.05, 3.63) is 71.0 Å². The van der Waals surface area contributed by atoms with Gasteiger partial charge in [-0.2, -0.15) is 0 Å². The van der Waals surface area contributed by atoms with Gasteiger partial charge in [0.25, 0.3) is 0 Å². The average Bonchev–Trinajstić information content (AvgIpc) is 2.57. The Kier molecular flexibility index (Phi) is 9.33. The molecule has 3 nitrogen and oxygen atoms in total. The van der Waals surface area contributed by atoms with Gasteiger partial charge in [0.15, 0.2) is 5.96 Å². The molecule has 0 fully saturated rings. The molecule has 0 heterocycles. The molecule has 0 unspecified atom stereocenters. The smallest absolute Gasteiger partial charge is 0.190 e. The maximum atomic E-state index is 13.5. The fourth-order valence-corrected chi connectivity index (χ4v) is 2.27. The molecule has 25 heavy (non-hydrogen) atoms. The van der Waals surface area contributed by atoms with Crippen LogP contribution in [0.25, 0.3) is 0 Å². The summed E-state index contributed by atoms with van der Waals surface area (Å²) in [5.74, 6) is -0.800. The maximum absolute atomic E-state index is 13.5. The largest absolute Gasteiger partial charge is 0.356 e. The number of hydrogen-bond acceptors (Lipinski definition) is 1. The fourth-order valence-electron chi connectivity index (χ4n) is 2.27. The Morgan fingerprint density at radius 2 is 1.44 bits per heavy atom. The van der Waals surface area contributed by atoms with E-state index in [4.69, 9.17) is 0 Å². The molecule has 0 spiro atoms. The van der Waals surface area contributed by atoms with Crippen molar-refractivity contribution < 1.29 is 13.2 Å². The lowest BCUT2D eigenvalue weighted by Gasteiger charge is -2.12. The number of guanidine groups is 1. The first-order valence-electron chi connectivity index (χ1n) is 7.72. The molecule has 0 aliphatic carbocycles. The second-order valence-electron chi connectivity index (χ2n) is 5.25. The monoisotopic (exact) mass is 463 g/mol. The number of nitrogens with one attached hydrogen (secondary N) is 2. The van der Waals surface area contributed by atoms with E-state index in [1.165, 1.54) is 30.3 Å². The average molecular weight is 463 g/mol. The molecule has 0 radical (unpaired) electrons. The molecule has 136 valence electrons. The molecule has 2 aromatic carbocycles. The molecular weight excluding hydrogens is 442 g/mol. The third kappa shape index (κ3) is 6.93. The Labute approximate surface area is 162 Å². The summed E-state index contributed by atoms with van der Waals surface area (Å²) in [7, 11) is 1.62. The zero-order valence-corrected chi connectivity index (χ0v) is 16.2. The van der Waals surface area contributed by atoms with Crippen molar-refractivity contribution in [3.63, 3.8) is 0 Å². The van der Waals surface area contributed by atoms with Gasteiger partial charge in [0.2, 0.25) is 0 Å². The molecule has 0 saturated carbocycles. The highest BCUT2D eigenvalue weighted by Gasteiger charge is 2.08. The van der Waals surface area contributed by atoms with Gasteiger partial charge in [-0.05, 0) is 42.7 Å². The first-order valence-corrected chi connectivity index (χ1v) is 7.72. The highest BCUT2D eigenvalue weighted by molar-refractivity contribution is 14.0. The second kappa shape index (κ2) is 11.0. The highest BCUT2D eigenvalue weighted by Crippen LogP contribution is 2.11. The van der Waals surface area contributed by atoms with E-state index in [-0.39, 0.29) is 41.8 Å². The van der Waals surface area contributed by atoms with E-state index in [0.717, 1.165) is 5.56 Å². The number of halogens is 4. The van der Waals surface area contributed by atoms with Gasteiger partial charge in [-0.25, -0.2) is 13.2 Å². The van der Waals surface area contributed by atoms with Gasteiger partial charge in [0, 0.05) is 25.7 Å². The van der Waals surface area contributed by atoms with E-state index >= 15 is 0 Å². The van der Waals surface area contributed by atoms with Crippen LogP contribution >= 0.6 is 24.0 Å². The summed E-state index contributed by atoms with van der Waals surface area (Å²) in [5, 5.41) is 6.12. The van der Waals surface area contributed by atoms with Crippen LogP contribution in [-0.4, -0.2) is 26.1 Å². The first kappa shape index (κ1) is 21.3. The third-order valence-electron chi connectivity index (χ3n) is 3.57. The van der Waals surface area contributed by atoms with E-state index in [1.54, 1.807) is 19.2 Å². The summed E-state index contributed by atoms with van der Waals surface area (Å²) >= 11 is 0. The van der Waals surface area contributed by atoms with Crippen LogP contribution in [-0.2, 0) is 12.8 Å². The minimum atomic E-state index is -0.545. The molecule has 0 amide bonds. The Bertz CT molecular complexity index is 670. The predicted octanol–water partition coefficient (Wildman–Crippen LogP) is 3.67. The Hall–Kier alpha value is -1.77. The van der Waals surface area contributed by atoms with Gasteiger partial charge in [-0.3, -0.25) is 4.99 Å². The van der Waals surface area contributed by atoms with E-state index < -0.39 is 11.6 Å². The minimum absolute atomic E-state index is 0. The van der Waals surface area contributed by atoms with Crippen LogP contribution in [0.2, 0.25) is 0 Å². The SMILES string of the molecule is CN=C(NCCc1ccc(F)cc1)NCCc1c(F)cccc1F.I. The molecule has 7 heteroatoms. The number of rotatable bonds is 6. The lowest BCUT2D eigenvalue weighted by molar-refractivity contribution is 0.553. The summed E-state index contributed by atoms with van der Waals surface area (Å²) in [4.78, 5) is 4.06. The van der Waals surface area contributed by atoms with E-state index in [0.29, 0.717) is 25.5 Å². The van der Waals surface area contributed by atoms with Crippen LogP contribution in [0.4, 0.5) is 13.2 Å². The molecule has 2 N–H and O–H groups in total. The van der Waals surface area contributed by atoms with Crippen LogP contribution in [0.1, 0.15) is 11.1 Å². The van der Waals surface area contributed by atoms with Crippen LogP contribution < -0.4 is 10.6 Å². The number of aliphatic imine (C=N–C) groups is 1. The molecule has 0 aromatic heterocycles. The van der Waals surface area contributed by atoms with Crippen molar-refractivity contribution in [3.8, 4) is 0 Å². The molecule has 0 atom stereocenters. The minimum Gasteiger partial charge on any atom is -0.356 e. The quantitative estimate of drug-likeness (QED) is 0.390. The van der Waals surface area contributed by atoms with Crippen molar-refractivity contribution in [1.29, 1.82) is 0 Å². The Morgan fingerprint density at radius 1 is 0.880 bits per heavy atom. The van der Waals surface area contributed by atoms with Gasteiger partial charge in [0.1, 0.15) is 17.5 Å². The molecule has 0 aliphatic heterocycles. The number of nitrogens with zero attached hydrogens (tertiary/aromatic N) is 1. The second-order valence-corrected chi connectivity index (χ2v) is 5.25. The predicted molar refractivity (Wildman–Crippen MR) is 105 cm³/mol. The van der Waals surface area contributed by atoms with E-state index in [1.807, 2.05) is 0 Å². The summed E-state index contributed by atoms with van der Waals surface area (Å²) in [6.07, 6.45) is 0.931. The summed E-state index contributed by atoms with van der Waals surface area (Å²) in [6, 6.07) is 10.1. The zero-order valence-electron chi connectivity index (χ0n) is 13.9. The van der Waals surface area contributed by atoms with Crippen molar-refractivity contribution in [2.45, 2.75) is 12.8 Å². The molecular formula is C18H21F3IN3. The maximum Gasteiger partial charge on any atom is 0.190 e. The zero-order chi connectivity index (χ0) is 17.4. The number of hydrogen-bond donors (Lipinski definition) is 2. The van der Waals surface area contributed by atoms with Crippen molar-refractivity contribution in [2.75, 3.05) is 20.1 Å². The topological polar surface area (TPSA) is 36.4 Å². The van der Waals surface area contributed by atoms with Gasteiger partial charge >= 0.3 is 0 Å². The lowest BCUT2D eigenvalue weighted by atomic mass is 10.1. The Balaban J connectivity index is 0.00000312. The van der Waals surface area contributed by atoms with Crippen molar-refractivity contribution in [1.82, 2.24) is 10.6 Å². The normalized spacial score (nSPS) is 11.0. The summed E-state index contributed by atoms with van der Waals surface area (Å²) in [5.41, 5.74) is 1.07. The van der Waals surface area contributed by atoms with Crippen molar-refractivity contribution >= 4 is 29.9 Å². The van der Waals surface area contributed by atoms with Gasteiger partial charge in [0.05, 0.1) is 0 Å².